The minimum Gasteiger partial charge on any atom is -0.491 e. The van der Waals surface area contributed by atoms with E-state index in [0.29, 0.717) is 12.3 Å². The van der Waals surface area contributed by atoms with E-state index in [0.717, 1.165) is 18.2 Å². The van der Waals surface area contributed by atoms with Crippen molar-refractivity contribution in [2.45, 2.75) is 6.92 Å². The highest BCUT2D eigenvalue weighted by atomic mass is 19.1. The molecule has 0 fully saturated rings. The molecule has 0 unspecified atom stereocenters. The Labute approximate surface area is 119 Å². The number of rotatable bonds is 5. The van der Waals surface area contributed by atoms with Crippen molar-refractivity contribution in [2.75, 3.05) is 11.9 Å². The van der Waals surface area contributed by atoms with Gasteiger partial charge in [0.15, 0.2) is 11.6 Å². The van der Waals surface area contributed by atoms with E-state index in [-0.39, 0.29) is 17.1 Å². The smallest absolute Gasteiger partial charge is 0.274 e. The second kappa shape index (κ2) is 6.17. The first-order valence-corrected chi connectivity index (χ1v) is 6.14. The maximum Gasteiger partial charge on any atom is 0.274 e. The van der Waals surface area contributed by atoms with Crippen molar-refractivity contribution in [1.29, 1.82) is 0 Å². The van der Waals surface area contributed by atoms with Crippen LogP contribution < -0.4 is 10.1 Å². The van der Waals surface area contributed by atoms with Crippen molar-refractivity contribution in [3.63, 3.8) is 0 Å². The maximum atomic E-state index is 13.7. The first-order chi connectivity index (χ1) is 9.99. The van der Waals surface area contributed by atoms with Gasteiger partial charge in [-0.2, -0.15) is 0 Å². The third-order valence-electron chi connectivity index (χ3n) is 2.61. The molecule has 21 heavy (non-hydrogen) atoms. The predicted octanol–water partition coefficient (Wildman–Crippen LogP) is 4.02. The van der Waals surface area contributed by atoms with Gasteiger partial charge in [0.25, 0.3) is 5.69 Å². The third-order valence-corrected chi connectivity index (χ3v) is 2.61. The van der Waals surface area contributed by atoms with E-state index < -0.39 is 16.6 Å². The number of ether oxygens (including phenoxy) is 1. The molecule has 5 nitrogen and oxygen atoms in total. The molecule has 2 aromatic rings. The van der Waals surface area contributed by atoms with Crippen molar-refractivity contribution in [3.8, 4) is 5.75 Å². The lowest BCUT2D eigenvalue weighted by atomic mass is 10.2. The molecule has 0 aliphatic heterocycles. The lowest BCUT2D eigenvalue weighted by Crippen LogP contribution is -1.97. The average Bonchev–Trinajstić information content (AvgIpc) is 2.41. The van der Waals surface area contributed by atoms with Gasteiger partial charge in [-0.25, -0.2) is 8.78 Å². The molecule has 110 valence electrons. The first-order valence-electron chi connectivity index (χ1n) is 6.14. The number of anilines is 2. The van der Waals surface area contributed by atoms with E-state index in [2.05, 4.69) is 5.32 Å². The van der Waals surface area contributed by atoms with Gasteiger partial charge in [-0.15, -0.1) is 0 Å². The summed E-state index contributed by atoms with van der Waals surface area (Å²) in [5, 5.41) is 13.4. The fourth-order valence-corrected chi connectivity index (χ4v) is 1.77. The van der Waals surface area contributed by atoms with Crippen molar-refractivity contribution in [3.05, 3.63) is 58.1 Å². The zero-order valence-electron chi connectivity index (χ0n) is 11.1. The number of halogens is 2. The van der Waals surface area contributed by atoms with Crippen LogP contribution in [0.15, 0.2) is 36.4 Å². The van der Waals surface area contributed by atoms with Crippen LogP contribution in [0, 0.1) is 21.7 Å². The van der Waals surface area contributed by atoms with Gasteiger partial charge >= 0.3 is 0 Å². The molecule has 7 heteroatoms. The molecule has 0 saturated carbocycles. The largest absolute Gasteiger partial charge is 0.491 e. The van der Waals surface area contributed by atoms with E-state index in [9.17, 15) is 18.9 Å². The van der Waals surface area contributed by atoms with Crippen LogP contribution in [0.3, 0.4) is 0 Å². The summed E-state index contributed by atoms with van der Waals surface area (Å²) in [5.41, 5.74) is 0.102. The van der Waals surface area contributed by atoms with Crippen molar-refractivity contribution in [1.82, 2.24) is 0 Å². The van der Waals surface area contributed by atoms with E-state index in [1.54, 1.807) is 6.92 Å². The van der Waals surface area contributed by atoms with Gasteiger partial charge in [0, 0.05) is 23.5 Å². The lowest BCUT2D eigenvalue weighted by molar-refractivity contribution is -0.385. The Morgan fingerprint density at radius 1 is 1.19 bits per heavy atom. The number of hydrogen-bond acceptors (Lipinski definition) is 4. The van der Waals surface area contributed by atoms with E-state index >= 15 is 0 Å². The van der Waals surface area contributed by atoms with Crippen LogP contribution in [0.5, 0.6) is 5.75 Å². The zero-order chi connectivity index (χ0) is 15.4. The Morgan fingerprint density at radius 2 is 1.95 bits per heavy atom. The van der Waals surface area contributed by atoms with Crippen LogP contribution in [-0.4, -0.2) is 11.5 Å². The molecule has 0 aromatic heterocycles. The summed E-state index contributed by atoms with van der Waals surface area (Å²) < 4.78 is 32.0. The molecular weight excluding hydrogens is 282 g/mol. The molecular formula is C14H12F2N2O3. The predicted molar refractivity (Wildman–Crippen MR) is 73.9 cm³/mol. The standard InChI is InChI=1S/C14H12F2N2O3/c1-2-21-14-4-3-10(8-13(14)16)17-11-5-9(15)6-12(7-11)18(19)20/h3-8,17H,2H2,1H3. The normalized spacial score (nSPS) is 10.2. The highest BCUT2D eigenvalue weighted by molar-refractivity contribution is 5.63. The monoisotopic (exact) mass is 294 g/mol. The number of nitro benzene ring substituents is 1. The molecule has 0 heterocycles. The molecule has 1 N–H and O–H groups in total. The molecule has 0 bridgehead atoms. The molecule has 2 aromatic carbocycles. The third kappa shape index (κ3) is 3.65. The first kappa shape index (κ1) is 14.7. The topological polar surface area (TPSA) is 64.4 Å². The summed E-state index contributed by atoms with van der Waals surface area (Å²) in [6.45, 7) is 2.07. The number of nitrogens with zero attached hydrogens (tertiary/aromatic N) is 1. The second-order valence-corrected chi connectivity index (χ2v) is 4.16. The summed E-state index contributed by atoms with van der Waals surface area (Å²) >= 11 is 0. The van der Waals surface area contributed by atoms with Crippen molar-refractivity contribution < 1.29 is 18.4 Å². The van der Waals surface area contributed by atoms with Crippen molar-refractivity contribution >= 4 is 17.1 Å². The Hall–Kier alpha value is -2.70. The summed E-state index contributed by atoms with van der Waals surface area (Å²) in [6.07, 6.45) is 0. The molecule has 0 spiro atoms. The maximum absolute atomic E-state index is 13.7. The van der Waals surface area contributed by atoms with Crippen LogP contribution in [0.4, 0.5) is 25.8 Å². The van der Waals surface area contributed by atoms with Crippen molar-refractivity contribution in [2.24, 2.45) is 0 Å². The summed E-state index contributed by atoms with van der Waals surface area (Å²) in [5.74, 6) is -1.22. The van der Waals surface area contributed by atoms with Gasteiger partial charge in [-0.05, 0) is 25.1 Å². The molecule has 0 atom stereocenters. The number of hydrogen-bond donors (Lipinski definition) is 1. The van der Waals surface area contributed by atoms with E-state index in [1.165, 1.54) is 18.2 Å². The molecule has 0 saturated heterocycles. The van der Waals surface area contributed by atoms with Gasteiger partial charge in [-0.3, -0.25) is 10.1 Å². The Kier molecular flexibility index (Phi) is 4.32. The summed E-state index contributed by atoms with van der Waals surface area (Å²) in [4.78, 5) is 9.96. The SMILES string of the molecule is CCOc1ccc(Nc2cc(F)cc([N+](=O)[O-])c2)cc1F. The fourth-order valence-electron chi connectivity index (χ4n) is 1.77. The van der Waals surface area contributed by atoms with Crippen LogP contribution in [0.2, 0.25) is 0 Å². The number of nitrogens with one attached hydrogen (secondary N) is 1. The van der Waals surface area contributed by atoms with Gasteiger partial charge in [0.1, 0.15) is 5.82 Å². The van der Waals surface area contributed by atoms with Crippen LogP contribution in [0.1, 0.15) is 6.92 Å². The Balaban J connectivity index is 2.26. The highest BCUT2D eigenvalue weighted by Crippen LogP contribution is 2.26. The number of non-ortho nitro benzene ring substituents is 1. The van der Waals surface area contributed by atoms with Gasteiger partial charge in [0.2, 0.25) is 0 Å². The van der Waals surface area contributed by atoms with Gasteiger partial charge < -0.3 is 10.1 Å². The Bertz CT molecular complexity index is 677. The van der Waals surface area contributed by atoms with Crippen LogP contribution in [-0.2, 0) is 0 Å². The molecule has 2 rings (SSSR count). The fraction of sp³-hybridized carbons (Fsp3) is 0.143. The summed E-state index contributed by atoms with van der Waals surface area (Å²) in [7, 11) is 0. The second-order valence-electron chi connectivity index (χ2n) is 4.16. The zero-order valence-corrected chi connectivity index (χ0v) is 11.1. The highest BCUT2D eigenvalue weighted by Gasteiger charge is 2.11. The number of nitro groups is 1. The summed E-state index contributed by atoms with van der Waals surface area (Å²) in [6, 6.07) is 7.18. The van der Waals surface area contributed by atoms with E-state index in [1.807, 2.05) is 0 Å². The van der Waals surface area contributed by atoms with Gasteiger partial charge in [-0.1, -0.05) is 0 Å². The number of benzene rings is 2. The minimum absolute atomic E-state index is 0.105. The van der Waals surface area contributed by atoms with Crippen LogP contribution >= 0.6 is 0 Å². The quantitative estimate of drug-likeness (QED) is 0.668. The van der Waals surface area contributed by atoms with Gasteiger partial charge in [0.05, 0.1) is 17.6 Å². The Morgan fingerprint density at radius 3 is 2.57 bits per heavy atom. The molecule has 0 aliphatic carbocycles. The lowest BCUT2D eigenvalue weighted by Gasteiger charge is -2.09. The average molecular weight is 294 g/mol. The molecule has 0 amide bonds. The molecule has 0 aliphatic rings. The van der Waals surface area contributed by atoms with Crippen LogP contribution in [0.25, 0.3) is 0 Å². The molecule has 0 radical (unpaired) electrons. The van der Waals surface area contributed by atoms with E-state index in [4.69, 9.17) is 4.74 Å². The minimum atomic E-state index is -0.752.